The average molecular weight is 273 g/mol. The number of carbonyl (C=O) groups excluding carboxylic acids is 1. The number of anilines is 2. The van der Waals surface area contributed by atoms with E-state index in [0.717, 1.165) is 0 Å². The minimum atomic E-state index is -0.520. The highest BCUT2D eigenvalue weighted by Crippen LogP contribution is 2.20. The Balaban J connectivity index is 2.39. The summed E-state index contributed by atoms with van der Waals surface area (Å²) in [6.45, 7) is 3.91. The zero-order valence-corrected chi connectivity index (χ0v) is 11.5. The third kappa shape index (κ3) is 3.05. The van der Waals surface area contributed by atoms with Crippen molar-refractivity contribution in [3.05, 3.63) is 36.4 Å². The summed E-state index contributed by atoms with van der Waals surface area (Å²) in [5.41, 5.74) is 1.28. The van der Waals surface area contributed by atoms with Gasteiger partial charge in [-0.25, -0.2) is 24.7 Å². The van der Waals surface area contributed by atoms with Crippen LogP contribution in [0.25, 0.3) is 0 Å². The van der Waals surface area contributed by atoms with Gasteiger partial charge in [0, 0.05) is 5.92 Å². The van der Waals surface area contributed by atoms with E-state index in [4.69, 9.17) is 4.74 Å². The van der Waals surface area contributed by atoms with Gasteiger partial charge in [0.05, 0.1) is 37.1 Å². The van der Waals surface area contributed by atoms with Crippen LogP contribution in [0.1, 0.15) is 36.1 Å². The van der Waals surface area contributed by atoms with Crippen molar-refractivity contribution in [2.45, 2.75) is 19.8 Å². The van der Waals surface area contributed by atoms with E-state index in [1.807, 2.05) is 13.8 Å². The Hall–Kier alpha value is -2.57. The van der Waals surface area contributed by atoms with Crippen molar-refractivity contribution in [3.8, 4) is 0 Å². The van der Waals surface area contributed by atoms with Gasteiger partial charge in [0.25, 0.3) is 0 Å². The Bertz CT molecular complexity index is 601. The lowest BCUT2D eigenvalue weighted by molar-refractivity contribution is 0.0594. The number of hydrogen-bond acceptors (Lipinski definition) is 7. The Morgan fingerprint density at radius 1 is 1.25 bits per heavy atom. The quantitative estimate of drug-likeness (QED) is 0.851. The van der Waals surface area contributed by atoms with Crippen molar-refractivity contribution >= 4 is 17.3 Å². The molecule has 2 rings (SSSR count). The molecule has 20 heavy (non-hydrogen) atoms. The molecule has 0 atom stereocenters. The van der Waals surface area contributed by atoms with Crippen molar-refractivity contribution in [2.75, 3.05) is 12.4 Å². The normalized spacial score (nSPS) is 10.4. The molecule has 0 saturated carbocycles. The van der Waals surface area contributed by atoms with Gasteiger partial charge in [0.15, 0.2) is 5.69 Å². The Morgan fingerprint density at radius 2 is 1.95 bits per heavy atom. The molecule has 0 aliphatic heterocycles. The van der Waals surface area contributed by atoms with Gasteiger partial charge in [-0.2, -0.15) is 0 Å². The molecule has 104 valence electrons. The molecule has 2 heterocycles. The van der Waals surface area contributed by atoms with E-state index in [2.05, 4.69) is 25.3 Å². The van der Waals surface area contributed by atoms with Gasteiger partial charge in [-0.3, -0.25) is 0 Å². The minimum absolute atomic E-state index is 0.118. The van der Waals surface area contributed by atoms with Crippen LogP contribution in [0.3, 0.4) is 0 Å². The highest BCUT2D eigenvalue weighted by atomic mass is 16.5. The fourth-order valence-electron chi connectivity index (χ4n) is 1.54. The number of nitrogens with zero attached hydrogens (tertiary/aromatic N) is 4. The summed E-state index contributed by atoms with van der Waals surface area (Å²) in [4.78, 5) is 28.1. The van der Waals surface area contributed by atoms with E-state index in [0.29, 0.717) is 17.2 Å². The van der Waals surface area contributed by atoms with Crippen molar-refractivity contribution in [2.24, 2.45) is 0 Å². The smallest absolute Gasteiger partial charge is 0.358 e. The van der Waals surface area contributed by atoms with E-state index >= 15 is 0 Å². The molecule has 0 aliphatic carbocycles. The van der Waals surface area contributed by atoms with Crippen LogP contribution >= 0.6 is 0 Å². The first-order valence-electron chi connectivity index (χ1n) is 6.09. The molecule has 0 saturated heterocycles. The predicted molar refractivity (Wildman–Crippen MR) is 72.8 cm³/mol. The minimum Gasteiger partial charge on any atom is -0.464 e. The number of hydrogen-bond donors (Lipinski definition) is 1. The van der Waals surface area contributed by atoms with Crippen molar-refractivity contribution in [3.63, 3.8) is 0 Å². The zero-order valence-electron chi connectivity index (χ0n) is 11.5. The third-order valence-electron chi connectivity index (χ3n) is 2.54. The summed E-state index contributed by atoms with van der Waals surface area (Å²) in [6, 6.07) is 0. The first-order valence-corrected chi connectivity index (χ1v) is 6.09. The predicted octanol–water partition coefficient (Wildman–Crippen LogP) is 1.92. The topological polar surface area (TPSA) is 89.9 Å². The van der Waals surface area contributed by atoms with Gasteiger partial charge in [0.2, 0.25) is 0 Å². The summed E-state index contributed by atoms with van der Waals surface area (Å²) in [6.07, 6.45) is 6.15. The van der Waals surface area contributed by atoms with Gasteiger partial charge < -0.3 is 10.1 Å². The molecular formula is C13H15N5O2. The van der Waals surface area contributed by atoms with E-state index < -0.39 is 5.97 Å². The molecule has 0 aromatic carbocycles. The van der Waals surface area contributed by atoms with E-state index in [1.54, 1.807) is 18.6 Å². The molecular weight excluding hydrogens is 258 g/mol. The Labute approximate surface area is 116 Å². The highest BCUT2D eigenvalue weighted by molar-refractivity contribution is 5.94. The van der Waals surface area contributed by atoms with Gasteiger partial charge in [-0.05, 0) is 0 Å². The van der Waals surface area contributed by atoms with Crippen LogP contribution < -0.4 is 5.32 Å². The summed E-state index contributed by atoms with van der Waals surface area (Å²) >= 11 is 0. The number of esters is 1. The zero-order chi connectivity index (χ0) is 14.5. The molecule has 0 bridgehead atoms. The van der Waals surface area contributed by atoms with Crippen LogP contribution in [0.2, 0.25) is 0 Å². The average Bonchev–Trinajstić information content (AvgIpc) is 2.47. The van der Waals surface area contributed by atoms with Crippen molar-refractivity contribution < 1.29 is 9.53 Å². The lowest BCUT2D eigenvalue weighted by atomic mass is 10.2. The van der Waals surface area contributed by atoms with Gasteiger partial charge >= 0.3 is 5.97 Å². The van der Waals surface area contributed by atoms with Crippen molar-refractivity contribution in [1.82, 2.24) is 19.9 Å². The molecule has 0 radical (unpaired) electrons. The third-order valence-corrected chi connectivity index (χ3v) is 2.54. The number of rotatable bonds is 4. The van der Waals surface area contributed by atoms with Crippen LogP contribution in [0.15, 0.2) is 24.9 Å². The van der Waals surface area contributed by atoms with Crippen LogP contribution in [0.4, 0.5) is 11.4 Å². The highest BCUT2D eigenvalue weighted by Gasteiger charge is 2.17. The first-order chi connectivity index (χ1) is 9.61. The maximum Gasteiger partial charge on any atom is 0.358 e. The van der Waals surface area contributed by atoms with E-state index in [1.165, 1.54) is 13.4 Å². The monoisotopic (exact) mass is 273 g/mol. The fourth-order valence-corrected chi connectivity index (χ4v) is 1.54. The molecule has 0 unspecified atom stereocenters. The first kappa shape index (κ1) is 13.9. The number of nitrogens with one attached hydrogen (secondary N) is 1. The summed E-state index contributed by atoms with van der Waals surface area (Å²) < 4.78 is 4.75. The molecule has 0 amide bonds. The molecule has 0 fully saturated rings. The molecule has 0 spiro atoms. The number of carbonyl (C=O) groups is 1. The Kier molecular flexibility index (Phi) is 4.19. The standard InChI is InChI=1S/C13H15N5O2/c1-8(2)12-16-6-10(11(18-12)13(19)20-3)17-9-4-14-7-15-5-9/h4-8,17H,1-3H3. The Morgan fingerprint density at radius 3 is 2.55 bits per heavy atom. The fraction of sp³-hybridized carbons (Fsp3) is 0.308. The molecule has 0 aliphatic rings. The maximum atomic E-state index is 11.8. The van der Waals surface area contributed by atoms with Crippen LogP contribution in [-0.4, -0.2) is 33.0 Å². The second-order valence-electron chi connectivity index (χ2n) is 4.39. The van der Waals surface area contributed by atoms with Gasteiger partial charge in [-0.15, -0.1) is 0 Å². The maximum absolute atomic E-state index is 11.8. The van der Waals surface area contributed by atoms with Gasteiger partial charge in [0.1, 0.15) is 12.2 Å². The summed E-state index contributed by atoms with van der Waals surface area (Å²) in [7, 11) is 1.31. The molecule has 7 heteroatoms. The van der Waals surface area contributed by atoms with Crippen LogP contribution in [0.5, 0.6) is 0 Å². The largest absolute Gasteiger partial charge is 0.464 e. The second-order valence-corrected chi connectivity index (χ2v) is 4.39. The van der Waals surface area contributed by atoms with E-state index in [9.17, 15) is 4.79 Å². The molecule has 1 N–H and O–H groups in total. The van der Waals surface area contributed by atoms with E-state index in [-0.39, 0.29) is 11.6 Å². The van der Waals surface area contributed by atoms with Gasteiger partial charge in [-0.1, -0.05) is 13.8 Å². The van der Waals surface area contributed by atoms with Crippen LogP contribution in [-0.2, 0) is 4.74 Å². The van der Waals surface area contributed by atoms with Crippen LogP contribution in [0, 0.1) is 0 Å². The number of ether oxygens (including phenoxy) is 1. The lowest BCUT2D eigenvalue weighted by Gasteiger charge is -2.11. The summed E-state index contributed by atoms with van der Waals surface area (Å²) in [5.74, 6) is 0.182. The number of aromatic nitrogens is 4. The SMILES string of the molecule is COC(=O)c1nc(C(C)C)ncc1Nc1cncnc1. The second kappa shape index (κ2) is 6.05. The summed E-state index contributed by atoms with van der Waals surface area (Å²) in [5, 5.41) is 3.00. The van der Waals surface area contributed by atoms with Crippen molar-refractivity contribution in [1.29, 1.82) is 0 Å². The molecule has 2 aromatic heterocycles. The lowest BCUT2D eigenvalue weighted by Crippen LogP contribution is -2.12. The molecule has 7 nitrogen and oxygen atoms in total. The molecule has 2 aromatic rings. The number of methoxy groups -OCH3 is 1.